The fourth-order valence-corrected chi connectivity index (χ4v) is 6.66. The third-order valence-electron chi connectivity index (χ3n) is 7.15. The molecule has 0 fully saturated rings. The number of aliphatic hydroxyl groups is 1. The Morgan fingerprint density at radius 2 is 1.82 bits per heavy atom. The number of aromatic nitrogens is 3. The molecule has 0 spiro atoms. The van der Waals surface area contributed by atoms with E-state index in [2.05, 4.69) is 32.5 Å². The van der Waals surface area contributed by atoms with Gasteiger partial charge in [-0.2, -0.15) is 0 Å². The summed E-state index contributed by atoms with van der Waals surface area (Å²) in [5.74, 6) is -1.43. The first-order valence-electron chi connectivity index (χ1n) is 13.3. The standard InChI is InChI=1S/C33H24BrF2N3O4S/c1-3-24-25-13-14-39(44(41,42)23-10-7-19(2)8-11-23)30(25)17-28(36)32(24)43-22-9-12-27(35)26(16-22)33-37-18-29(38-33)31(40)20-5-4-6-21(34)15-20/h3-18,31,40H,1H2,2H3,(H,37,38). The molecule has 44 heavy (non-hydrogen) atoms. The van der Waals surface area contributed by atoms with Crippen molar-refractivity contribution in [2.24, 2.45) is 0 Å². The summed E-state index contributed by atoms with van der Waals surface area (Å²) in [7, 11) is -4.02. The average molecular weight is 677 g/mol. The highest BCUT2D eigenvalue weighted by Gasteiger charge is 2.24. The summed E-state index contributed by atoms with van der Waals surface area (Å²) in [6.07, 6.45) is 3.10. The fourth-order valence-electron chi connectivity index (χ4n) is 4.91. The summed E-state index contributed by atoms with van der Waals surface area (Å²) in [5.41, 5.74) is 2.22. The van der Waals surface area contributed by atoms with E-state index in [9.17, 15) is 17.9 Å². The second-order valence-electron chi connectivity index (χ2n) is 10.1. The van der Waals surface area contributed by atoms with Gasteiger partial charge in [0.1, 0.15) is 23.5 Å². The third kappa shape index (κ3) is 5.34. The second kappa shape index (κ2) is 11.5. The van der Waals surface area contributed by atoms with E-state index in [1.807, 2.05) is 13.0 Å². The van der Waals surface area contributed by atoms with E-state index in [1.165, 1.54) is 42.7 Å². The highest BCUT2D eigenvalue weighted by atomic mass is 79.9. The van der Waals surface area contributed by atoms with Crippen LogP contribution in [0, 0.1) is 18.6 Å². The minimum absolute atomic E-state index is 0.0344. The van der Waals surface area contributed by atoms with Gasteiger partial charge in [-0.1, -0.05) is 58.4 Å². The molecule has 2 aromatic heterocycles. The maximum Gasteiger partial charge on any atom is 0.268 e. The number of nitrogens with one attached hydrogen (secondary N) is 1. The van der Waals surface area contributed by atoms with E-state index in [0.29, 0.717) is 16.6 Å². The van der Waals surface area contributed by atoms with Crippen LogP contribution < -0.4 is 4.74 Å². The minimum atomic E-state index is -4.02. The molecule has 6 aromatic rings. The van der Waals surface area contributed by atoms with Gasteiger partial charge < -0.3 is 14.8 Å². The Kier molecular flexibility index (Phi) is 7.70. The zero-order valence-electron chi connectivity index (χ0n) is 23.1. The molecule has 11 heteroatoms. The van der Waals surface area contributed by atoms with E-state index in [-0.39, 0.29) is 38.9 Å². The minimum Gasteiger partial charge on any atom is -0.454 e. The summed E-state index contributed by atoms with van der Waals surface area (Å²) in [6.45, 7) is 5.63. The third-order valence-corrected chi connectivity index (χ3v) is 9.35. The highest BCUT2D eigenvalue weighted by molar-refractivity contribution is 9.10. The van der Waals surface area contributed by atoms with Crippen LogP contribution in [0.1, 0.15) is 28.5 Å². The van der Waals surface area contributed by atoms with Crippen molar-refractivity contribution < 1.29 is 27.0 Å². The molecule has 6 rings (SSSR count). The number of fused-ring (bicyclic) bond motifs is 1. The summed E-state index contributed by atoms with van der Waals surface area (Å²) in [6, 6.07) is 20.0. The maximum atomic E-state index is 15.6. The topological polar surface area (TPSA) is 97.2 Å². The van der Waals surface area contributed by atoms with Gasteiger partial charge in [-0.3, -0.25) is 0 Å². The molecule has 0 saturated heterocycles. The van der Waals surface area contributed by atoms with Crippen molar-refractivity contribution in [2.75, 3.05) is 0 Å². The van der Waals surface area contributed by atoms with Crippen LogP contribution in [0.5, 0.6) is 11.5 Å². The number of hydrogen-bond donors (Lipinski definition) is 2. The molecule has 0 aliphatic heterocycles. The average Bonchev–Trinajstić information content (AvgIpc) is 3.66. The molecule has 0 saturated carbocycles. The van der Waals surface area contributed by atoms with Crippen molar-refractivity contribution in [2.45, 2.75) is 17.9 Å². The SMILES string of the molecule is C=Cc1c(Oc2ccc(F)c(-c3ncc(C(O)c4cccc(Br)c4)[nH]3)c2)c(F)cc2c1ccn2S(=O)(=O)c1ccc(C)cc1. The van der Waals surface area contributed by atoms with Gasteiger partial charge in [-0.15, -0.1) is 0 Å². The smallest absolute Gasteiger partial charge is 0.268 e. The Morgan fingerprint density at radius 1 is 1.05 bits per heavy atom. The first-order valence-corrected chi connectivity index (χ1v) is 15.5. The van der Waals surface area contributed by atoms with Crippen LogP contribution in [0.25, 0.3) is 28.4 Å². The van der Waals surface area contributed by atoms with Crippen LogP contribution in [0.3, 0.4) is 0 Å². The lowest BCUT2D eigenvalue weighted by Gasteiger charge is -2.14. The Labute approximate surface area is 260 Å². The lowest BCUT2D eigenvalue weighted by Crippen LogP contribution is -2.12. The molecule has 0 bridgehead atoms. The number of imidazole rings is 1. The van der Waals surface area contributed by atoms with E-state index < -0.39 is 27.8 Å². The number of aromatic amines is 1. The molecule has 0 aliphatic rings. The predicted molar refractivity (Wildman–Crippen MR) is 168 cm³/mol. The maximum absolute atomic E-state index is 15.6. The molecule has 1 unspecified atom stereocenters. The molecule has 0 radical (unpaired) electrons. The zero-order chi connectivity index (χ0) is 31.2. The lowest BCUT2D eigenvalue weighted by molar-refractivity contribution is 0.216. The van der Waals surface area contributed by atoms with Crippen LogP contribution in [0.2, 0.25) is 0 Å². The molecule has 2 heterocycles. The number of aliphatic hydroxyl groups excluding tert-OH is 1. The van der Waals surface area contributed by atoms with Gasteiger partial charge in [0.2, 0.25) is 0 Å². The number of ether oxygens (including phenoxy) is 1. The number of halogens is 3. The largest absolute Gasteiger partial charge is 0.454 e. The number of rotatable bonds is 8. The number of hydrogen-bond acceptors (Lipinski definition) is 5. The molecule has 222 valence electrons. The number of H-pyrrole nitrogens is 1. The van der Waals surface area contributed by atoms with Crippen molar-refractivity contribution in [3.63, 3.8) is 0 Å². The van der Waals surface area contributed by atoms with Crippen LogP contribution in [0.15, 0.2) is 107 Å². The molecule has 1 atom stereocenters. The predicted octanol–water partition coefficient (Wildman–Crippen LogP) is 8.13. The quantitative estimate of drug-likeness (QED) is 0.170. The molecule has 0 aliphatic carbocycles. The molecular weight excluding hydrogens is 652 g/mol. The lowest BCUT2D eigenvalue weighted by atomic mass is 10.1. The van der Waals surface area contributed by atoms with Crippen LogP contribution in [-0.4, -0.2) is 27.5 Å². The van der Waals surface area contributed by atoms with Crippen LogP contribution >= 0.6 is 15.9 Å². The van der Waals surface area contributed by atoms with Crippen LogP contribution in [-0.2, 0) is 10.0 Å². The van der Waals surface area contributed by atoms with E-state index in [0.717, 1.165) is 26.1 Å². The first-order chi connectivity index (χ1) is 21.1. The fraction of sp³-hybridized carbons (Fsp3) is 0.0606. The van der Waals surface area contributed by atoms with E-state index in [4.69, 9.17) is 4.74 Å². The Balaban J connectivity index is 1.35. The number of nitrogens with zero attached hydrogens (tertiary/aromatic N) is 2. The second-order valence-corrected chi connectivity index (χ2v) is 12.8. The number of benzene rings is 4. The number of aryl methyl sites for hydroxylation is 1. The Bertz CT molecular complexity index is 2160. The van der Waals surface area contributed by atoms with Gasteiger partial charge >= 0.3 is 0 Å². The Morgan fingerprint density at radius 3 is 2.55 bits per heavy atom. The monoisotopic (exact) mass is 675 g/mol. The van der Waals surface area contributed by atoms with Gasteiger partial charge in [0.05, 0.1) is 27.9 Å². The summed E-state index contributed by atoms with van der Waals surface area (Å²) in [4.78, 5) is 7.25. The first kappa shape index (κ1) is 29.5. The van der Waals surface area contributed by atoms with Gasteiger partial charge in [-0.25, -0.2) is 26.2 Å². The van der Waals surface area contributed by atoms with Gasteiger partial charge in [0, 0.05) is 27.7 Å². The molecule has 4 aromatic carbocycles. The zero-order valence-corrected chi connectivity index (χ0v) is 25.5. The highest BCUT2D eigenvalue weighted by Crippen LogP contribution is 2.38. The molecule has 7 nitrogen and oxygen atoms in total. The van der Waals surface area contributed by atoms with Crippen molar-refractivity contribution in [1.82, 2.24) is 13.9 Å². The summed E-state index contributed by atoms with van der Waals surface area (Å²) >= 11 is 3.38. The van der Waals surface area contributed by atoms with Gasteiger partial charge in [0.15, 0.2) is 11.6 Å². The van der Waals surface area contributed by atoms with Crippen molar-refractivity contribution in [1.29, 1.82) is 0 Å². The van der Waals surface area contributed by atoms with Crippen molar-refractivity contribution >= 4 is 42.9 Å². The van der Waals surface area contributed by atoms with Crippen molar-refractivity contribution in [3.8, 4) is 22.9 Å². The van der Waals surface area contributed by atoms with E-state index in [1.54, 1.807) is 36.4 Å². The molecule has 0 amide bonds. The summed E-state index contributed by atoms with van der Waals surface area (Å²) in [5, 5.41) is 11.2. The molecule has 2 N–H and O–H groups in total. The van der Waals surface area contributed by atoms with Gasteiger partial charge in [0.25, 0.3) is 10.0 Å². The Hall–Kier alpha value is -4.58. The van der Waals surface area contributed by atoms with Gasteiger partial charge in [-0.05, 0) is 61.0 Å². The summed E-state index contributed by atoms with van der Waals surface area (Å²) < 4.78 is 65.1. The van der Waals surface area contributed by atoms with E-state index >= 15 is 4.39 Å². The van der Waals surface area contributed by atoms with Crippen LogP contribution in [0.4, 0.5) is 8.78 Å². The van der Waals surface area contributed by atoms with Crippen molar-refractivity contribution in [3.05, 3.63) is 136 Å². The molecular formula is C33H24BrF2N3O4S. The normalized spacial score (nSPS) is 12.4.